The third kappa shape index (κ3) is 3.21. The van der Waals surface area contributed by atoms with E-state index in [2.05, 4.69) is 15.5 Å². The van der Waals surface area contributed by atoms with Gasteiger partial charge in [0.05, 0.1) is 5.52 Å². The summed E-state index contributed by atoms with van der Waals surface area (Å²) in [5.74, 6) is -0.164. The Balaban J connectivity index is 0.00000162. The lowest BCUT2D eigenvalue weighted by Crippen LogP contribution is -2.29. The molecule has 5 nitrogen and oxygen atoms in total. The van der Waals surface area contributed by atoms with E-state index in [1.165, 1.54) is 0 Å². The van der Waals surface area contributed by atoms with Gasteiger partial charge in [-0.05, 0) is 19.4 Å². The van der Waals surface area contributed by atoms with Crippen LogP contribution in [0.3, 0.4) is 0 Å². The number of hydrogen-bond donors (Lipinski definition) is 3. The van der Waals surface area contributed by atoms with Gasteiger partial charge in [-0.1, -0.05) is 18.2 Å². The monoisotopic (exact) mass is 268 g/mol. The number of benzene rings is 1. The summed E-state index contributed by atoms with van der Waals surface area (Å²) in [5.41, 5.74) is 6.92. The molecule has 0 aliphatic carbocycles. The number of nitrogens with one attached hydrogen (secondary N) is 2. The molecule has 2 rings (SSSR count). The molecular weight excluding hydrogens is 252 g/mol. The standard InChI is InChI=1S/C12H16N4O.ClH/c1-8(13)6-7-14-12(17)11-9-4-2-3-5-10(9)15-16-11;/h2-5,8H,6-7,13H2,1H3,(H,14,17)(H,15,16);1H. The normalized spacial score (nSPS) is 11.9. The van der Waals surface area contributed by atoms with E-state index in [1.54, 1.807) is 0 Å². The molecule has 0 aliphatic rings. The lowest BCUT2D eigenvalue weighted by atomic mass is 10.2. The Labute approximate surface area is 112 Å². The van der Waals surface area contributed by atoms with Crippen LogP contribution in [-0.2, 0) is 0 Å². The summed E-state index contributed by atoms with van der Waals surface area (Å²) in [6.07, 6.45) is 0.758. The summed E-state index contributed by atoms with van der Waals surface area (Å²) in [6, 6.07) is 7.64. The number of para-hydroxylation sites is 1. The number of aromatic nitrogens is 2. The van der Waals surface area contributed by atoms with Crippen molar-refractivity contribution in [2.45, 2.75) is 19.4 Å². The molecule has 18 heavy (non-hydrogen) atoms. The van der Waals surface area contributed by atoms with Gasteiger partial charge >= 0.3 is 0 Å². The summed E-state index contributed by atoms with van der Waals surface area (Å²) in [7, 11) is 0. The SMILES string of the molecule is CC(N)CCNC(=O)c1n[nH]c2ccccc12.Cl. The molecule has 0 spiro atoms. The average Bonchev–Trinajstić information content (AvgIpc) is 2.72. The van der Waals surface area contributed by atoms with Crippen LogP contribution in [0.4, 0.5) is 0 Å². The zero-order chi connectivity index (χ0) is 12.3. The van der Waals surface area contributed by atoms with E-state index in [9.17, 15) is 4.79 Å². The van der Waals surface area contributed by atoms with E-state index in [1.807, 2.05) is 31.2 Å². The highest BCUT2D eigenvalue weighted by molar-refractivity contribution is 6.04. The van der Waals surface area contributed by atoms with Gasteiger partial charge in [0.2, 0.25) is 0 Å². The van der Waals surface area contributed by atoms with Gasteiger partial charge in [-0.25, -0.2) is 0 Å². The molecule has 0 fully saturated rings. The first-order chi connectivity index (χ1) is 8.18. The van der Waals surface area contributed by atoms with Gasteiger partial charge in [0.15, 0.2) is 5.69 Å². The minimum Gasteiger partial charge on any atom is -0.351 e. The molecule has 1 unspecified atom stereocenters. The van der Waals surface area contributed by atoms with Crippen molar-refractivity contribution < 1.29 is 4.79 Å². The number of carbonyl (C=O) groups excluding carboxylic acids is 1. The van der Waals surface area contributed by atoms with Crippen molar-refractivity contribution in [3.05, 3.63) is 30.0 Å². The number of carbonyl (C=O) groups is 1. The van der Waals surface area contributed by atoms with Crippen LogP contribution in [0.1, 0.15) is 23.8 Å². The first-order valence-corrected chi connectivity index (χ1v) is 5.65. The number of nitrogens with zero attached hydrogens (tertiary/aromatic N) is 1. The summed E-state index contributed by atoms with van der Waals surface area (Å²) in [5, 5.41) is 10.5. The van der Waals surface area contributed by atoms with Gasteiger partial charge in [-0.3, -0.25) is 9.89 Å². The summed E-state index contributed by atoms with van der Waals surface area (Å²) >= 11 is 0. The van der Waals surface area contributed by atoms with E-state index >= 15 is 0 Å². The molecule has 6 heteroatoms. The molecule has 1 aromatic carbocycles. The van der Waals surface area contributed by atoms with Crippen molar-refractivity contribution in [1.82, 2.24) is 15.5 Å². The third-order valence-corrected chi connectivity index (χ3v) is 2.57. The van der Waals surface area contributed by atoms with Gasteiger partial charge in [0.1, 0.15) is 0 Å². The maximum absolute atomic E-state index is 11.9. The van der Waals surface area contributed by atoms with Crippen molar-refractivity contribution in [2.24, 2.45) is 5.73 Å². The summed E-state index contributed by atoms with van der Waals surface area (Å²) < 4.78 is 0. The fraction of sp³-hybridized carbons (Fsp3) is 0.333. The minimum absolute atomic E-state index is 0. The smallest absolute Gasteiger partial charge is 0.272 e. The second kappa shape index (κ2) is 6.37. The molecule has 1 amide bonds. The number of H-pyrrole nitrogens is 1. The molecule has 0 radical (unpaired) electrons. The fourth-order valence-corrected chi connectivity index (χ4v) is 1.63. The zero-order valence-corrected chi connectivity index (χ0v) is 11.0. The molecule has 1 aromatic heterocycles. The van der Waals surface area contributed by atoms with Crippen molar-refractivity contribution in [2.75, 3.05) is 6.54 Å². The highest BCUT2D eigenvalue weighted by Crippen LogP contribution is 2.14. The van der Waals surface area contributed by atoms with Gasteiger partial charge in [-0.15, -0.1) is 12.4 Å². The van der Waals surface area contributed by atoms with Gasteiger partial charge in [-0.2, -0.15) is 5.10 Å². The Morgan fingerprint density at radius 1 is 1.50 bits per heavy atom. The van der Waals surface area contributed by atoms with Crippen molar-refractivity contribution in [1.29, 1.82) is 0 Å². The number of amides is 1. The number of fused-ring (bicyclic) bond motifs is 1. The van der Waals surface area contributed by atoms with Gasteiger partial charge in [0.25, 0.3) is 5.91 Å². The number of nitrogens with two attached hydrogens (primary N) is 1. The van der Waals surface area contributed by atoms with Crippen LogP contribution in [0.5, 0.6) is 0 Å². The van der Waals surface area contributed by atoms with Crippen LogP contribution < -0.4 is 11.1 Å². The largest absolute Gasteiger partial charge is 0.351 e. The zero-order valence-electron chi connectivity index (χ0n) is 10.1. The van der Waals surface area contributed by atoms with Crippen LogP contribution in [-0.4, -0.2) is 28.7 Å². The van der Waals surface area contributed by atoms with E-state index < -0.39 is 0 Å². The quantitative estimate of drug-likeness (QED) is 0.785. The minimum atomic E-state index is -0.164. The Morgan fingerprint density at radius 2 is 2.22 bits per heavy atom. The molecule has 1 atom stereocenters. The molecule has 98 valence electrons. The lowest BCUT2D eigenvalue weighted by molar-refractivity contribution is 0.0949. The van der Waals surface area contributed by atoms with Gasteiger partial charge in [0, 0.05) is 18.0 Å². The predicted octanol–water partition coefficient (Wildman–Crippen LogP) is 1.45. The van der Waals surface area contributed by atoms with Crippen molar-refractivity contribution >= 4 is 29.2 Å². The van der Waals surface area contributed by atoms with Crippen LogP contribution in [0.2, 0.25) is 0 Å². The van der Waals surface area contributed by atoms with Crippen LogP contribution in [0.15, 0.2) is 24.3 Å². The first-order valence-electron chi connectivity index (χ1n) is 5.65. The fourth-order valence-electron chi connectivity index (χ4n) is 1.63. The maximum Gasteiger partial charge on any atom is 0.272 e. The van der Waals surface area contributed by atoms with Crippen LogP contribution in [0, 0.1) is 0 Å². The van der Waals surface area contributed by atoms with Crippen molar-refractivity contribution in [3.8, 4) is 0 Å². The molecular formula is C12H17ClN4O. The Bertz CT molecular complexity index is 524. The topological polar surface area (TPSA) is 83.8 Å². The number of hydrogen-bond acceptors (Lipinski definition) is 3. The summed E-state index contributed by atoms with van der Waals surface area (Å²) in [4.78, 5) is 11.9. The highest BCUT2D eigenvalue weighted by Gasteiger charge is 2.12. The van der Waals surface area contributed by atoms with Crippen molar-refractivity contribution in [3.63, 3.8) is 0 Å². The second-order valence-electron chi connectivity index (χ2n) is 4.14. The highest BCUT2D eigenvalue weighted by atomic mass is 35.5. The Hall–Kier alpha value is -1.59. The van der Waals surface area contributed by atoms with Gasteiger partial charge < -0.3 is 11.1 Å². The average molecular weight is 269 g/mol. The Kier molecular flexibility index (Phi) is 5.12. The summed E-state index contributed by atoms with van der Waals surface area (Å²) in [6.45, 7) is 2.48. The molecule has 0 aliphatic heterocycles. The molecule has 1 heterocycles. The second-order valence-corrected chi connectivity index (χ2v) is 4.14. The maximum atomic E-state index is 11.9. The molecule has 0 bridgehead atoms. The Morgan fingerprint density at radius 3 is 2.94 bits per heavy atom. The lowest BCUT2D eigenvalue weighted by Gasteiger charge is -2.05. The van der Waals surface area contributed by atoms with E-state index in [-0.39, 0.29) is 24.4 Å². The molecule has 2 aromatic rings. The van der Waals surface area contributed by atoms with E-state index in [0.29, 0.717) is 12.2 Å². The van der Waals surface area contributed by atoms with Crippen LogP contribution in [0.25, 0.3) is 10.9 Å². The number of aromatic amines is 1. The first kappa shape index (κ1) is 14.5. The number of halogens is 1. The molecule has 0 saturated carbocycles. The molecule has 0 saturated heterocycles. The van der Waals surface area contributed by atoms with E-state index in [0.717, 1.165) is 17.3 Å². The number of rotatable bonds is 4. The van der Waals surface area contributed by atoms with E-state index in [4.69, 9.17) is 5.73 Å². The van der Waals surface area contributed by atoms with Crippen LogP contribution >= 0.6 is 12.4 Å². The predicted molar refractivity (Wildman–Crippen MR) is 73.9 cm³/mol. The third-order valence-electron chi connectivity index (χ3n) is 2.57. The molecule has 4 N–H and O–H groups in total.